The number of nitrogens with one attached hydrogen (secondary N) is 1. The van der Waals surface area contributed by atoms with Gasteiger partial charge in [0.05, 0.1) is 18.3 Å². The van der Waals surface area contributed by atoms with E-state index in [1.807, 2.05) is 18.2 Å². The summed E-state index contributed by atoms with van der Waals surface area (Å²) in [4.78, 5) is 27.7. The number of benzene rings is 1. The molecule has 0 spiro atoms. The second kappa shape index (κ2) is 6.29. The third-order valence-electron chi connectivity index (χ3n) is 3.99. The van der Waals surface area contributed by atoms with E-state index in [0.29, 0.717) is 12.2 Å². The van der Waals surface area contributed by atoms with E-state index >= 15 is 0 Å². The summed E-state index contributed by atoms with van der Waals surface area (Å²) >= 11 is 1.54. The first-order valence-corrected chi connectivity index (χ1v) is 8.97. The van der Waals surface area contributed by atoms with Gasteiger partial charge in [-0.05, 0) is 38.8 Å². The Balaban J connectivity index is 1.85. The van der Waals surface area contributed by atoms with Crippen LogP contribution in [0, 0.1) is 0 Å². The van der Waals surface area contributed by atoms with Gasteiger partial charge in [0.25, 0.3) is 5.91 Å². The SMILES string of the molecule is CC(C)(C)OC(=O)N[C@H]1CSc2cccc3c2N(C1=O)[C@H](CO)C3. The van der Waals surface area contributed by atoms with Crippen molar-refractivity contribution in [2.45, 2.75) is 49.8 Å². The predicted molar refractivity (Wildman–Crippen MR) is 92.4 cm³/mol. The molecule has 2 aliphatic rings. The summed E-state index contributed by atoms with van der Waals surface area (Å²) in [7, 11) is 0. The lowest BCUT2D eigenvalue weighted by atomic mass is 10.1. The number of hydrogen-bond acceptors (Lipinski definition) is 5. The molecule has 130 valence electrons. The van der Waals surface area contributed by atoms with E-state index in [-0.39, 0.29) is 18.6 Å². The highest BCUT2D eigenvalue weighted by Gasteiger charge is 2.41. The van der Waals surface area contributed by atoms with E-state index in [1.54, 1.807) is 25.7 Å². The van der Waals surface area contributed by atoms with Gasteiger partial charge in [-0.3, -0.25) is 4.79 Å². The number of anilines is 1. The maximum Gasteiger partial charge on any atom is 0.408 e. The van der Waals surface area contributed by atoms with Crippen molar-refractivity contribution >= 4 is 29.4 Å². The zero-order valence-corrected chi connectivity index (χ0v) is 14.9. The van der Waals surface area contributed by atoms with Gasteiger partial charge in [-0.1, -0.05) is 12.1 Å². The van der Waals surface area contributed by atoms with Crippen LogP contribution in [0.1, 0.15) is 26.3 Å². The number of amides is 2. The average Bonchev–Trinajstić information content (AvgIpc) is 2.81. The first-order valence-electron chi connectivity index (χ1n) is 7.98. The van der Waals surface area contributed by atoms with Crippen LogP contribution in [0.25, 0.3) is 0 Å². The molecular weight excluding hydrogens is 328 g/mol. The second-order valence-corrected chi connectivity index (χ2v) is 8.08. The Hall–Kier alpha value is -1.73. The fourth-order valence-corrected chi connectivity index (χ4v) is 4.17. The van der Waals surface area contributed by atoms with Crippen LogP contribution in [0.3, 0.4) is 0 Å². The molecular formula is C17H22N2O4S. The number of carbonyl (C=O) groups excluding carboxylic acids is 2. The molecule has 0 radical (unpaired) electrons. The summed E-state index contributed by atoms with van der Waals surface area (Å²) in [6.07, 6.45) is 0.0258. The molecule has 0 fully saturated rings. The van der Waals surface area contributed by atoms with Crippen LogP contribution in [0.5, 0.6) is 0 Å². The average molecular weight is 350 g/mol. The highest BCUT2D eigenvalue weighted by atomic mass is 32.2. The monoisotopic (exact) mass is 350 g/mol. The largest absolute Gasteiger partial charge is 0.444 e. The van der Waals surface area contributed by atoms with Crippen LogP contribution in [-0.4, -0.2) is 47.2 Å². The normalized spacial score (nSPS) is 22.8. The van der Waals surface area contributed by atoms with E-state index in [4.69, 9.17) is 4.74 Å². The number of hydrogen-bond donors (Lipinski definition) is 2. The third kappa shape index (κ3) is 3.23. The molecule has 2 aliphatic heterocycles. The Morgan fingerprint density at radius 1 is 1.46 bits per heavy atom. The summed E-state index contributed by atoms with van der Waals surface area (Å²) in [5.74, 6) is 0.236. The van der Waals surface area contributed by atoms with Crippen molar-refractivity contribution in [3.63, 3.8) is 0 Å². The predicted octanol–water partition coefficient (Wildman–Crippen LogP) is 1.94. The zero-order chi connectivity index (χ0) is 17.5. The molecule has 0 unspecified atom stereocenters. The quantitative estimate of drug-likeness (QED) is 0.852. The van der Waals surface area contributed by atoms with E-state index in [2.05, 4.69) is 5.32 Å². The fourth-order valence-electron chi connectivity index (χ4n) is 3.05. The van der Waals surface area contributed by atoms with Gasteiger partial charge in [0.15, 0.2) is 0 Å². The van der Waals surface area contributed by atoms with Crippen LogP contribution in [0.2, 0.25) is 0 Å². The molecule has 0 bridgehead atoms. The molecule has 3 rings (SSSR count). The standard InChI is InChI=1S/C17H22N2O4S/c1-17(2,3)23-16(22)18-12-9-24-13-6-4-5-10-7-11(8-20)19(14(10)13)15(12)21/h4-6,11-12,20H,7-9H2,1-3H3,(H,18,22)/t11-,12-/m0/s1. The maximum atomic E-state index is 13.0. The summed E-state index contributed by atoms with van der Waals surface area (Å²) < 4.78 is 5.26. The minimum Gasteiger partial charge on any atom is -0.444 e. The van der Waals surface area contributed by atoms with Crippen molar-refractivity contribution in [2.24, 2.45) is 0 Å². The van der Waals surface area contributed by atoms with Crippen LogP contribution >= 0.6 is 11.8 Å². The van der Waals surface area contributed by atoms with E-state index in [1.165, 1.54) is 11.8 Å². The molecule has 2 N–H and O–H groups in total. The molecule has 6 nitrogen and oxygen atoms in total. The number of para-hydroxylation sites is 1. The minimum atomic E-state index is -0.683. The second-order valence-electron chi connectivity index (χ2n) is 7.02. The molecule has 7 heteroatoms. The number of alkyl carbamates (subject to hydrolysis) is 1. The van der Waals surface area contributed by atoms with Gasteiger partial charge in [-0.15, -0.1) is 11.8 Å². The molecule has 24 heavy (non-hydrogen) atoms. The number of aliphatic hydroxyl groups is 1. The fraction of sp³-hybridized carbons (Fsp3) is 0.529. The number of ether oxygens (including phenoxy) is 1. The van der Waals surface area contributed by atoms with Crippen LogP contribution < -0.4 is 10.2 Å². The summed E-state index contributed by atoms with van der Waals surface area (Å²) in [6.45, 7) is 5.23. The first kappa shape index (κ1) is 17.1. The Bertz CT molecular complexity index is 671. The Morgan fingerprint density at radius 2 is 2.21 bits per heavy atom. The van der Waals surface area contributed by atoms with E-state index in [0.717, 1.165) is 16.1 Å². The van der Waals surface area contributed by atoms with Crippen LogP contribution in [0.4, 0.5) is 10.5 Å². The molecule has 1 aromatic carbocycles. The summed E-state index contributed by atoms with van der Waals surface area (Å²) in [5, 5.41) is 12.3. The Morgan fingerprint density at radius 3 is 2.88 bits per heavy atom. The van der Waals surface area contributed by atoms with Crippen molar-refractivity contribution < 1.29 is 19.4 Å². The number of carbonyl (C=O) groups is 2. The minimum absolute atomic E-state index is 0.107. The van der Waals surface area contributed by atoms with Gasteiger partial charge in [-0.2, -0.15) is 0 Å². The smallest absolute Gasteiger partial charge is 0.408 e. The van der Waals surface area contributed by atoms with Crippen molar-refractivity contribution in [3.05, 3.63) is 23.8 Å². The Labute approximate surface area is 145 Å². The van der Waals surface area contributed by atoms with E-state index < -0.39 is 17.7 Å². The van der Waals surface area contributed by atoms with Crippen molar-refractivity contribution in [2.75, 3.05) is 17.3 Å². The van der Waals surface area contributed by atoms with Gasteiger partial charge in [-0.25, -0.2) is 4.79 Å². The third-order valence-corrected chi connectivity index (χ3v) is 5.13. The molecule has 0 aromatic heterocycles. The lowest BCUT2D eigenvalue weighted by Crippen LogP contribution is -2.53. The van der Waals surface area contributed by atoms with Gasteiger partial charge in [0, 0.05) is 10.6 Å². The zero-order valence-electron chi connectivity index (χ0n) is 14.0. The van der Waals surface area contributed by atoms with Crippen molar-refractivity contribution in [1.29, 1.82) is 0 Å². The van der Waals surface area contributed by atoms with Gasteiger partial charge < -0.3 is 20.1 Å². The molecule has 0 saturated heterocycles. The number of rotatable bonds is 2. The summed E-state index contributed by atoms with van der Waals surface area (Å²) in [5.41, 5.74) is 1.31. The summed E-state index contributed by atoms with van der Waals surface area (Å²) in [6, 6.07) is 4.95. The molecule has 2 heterocycles. The molecule has 0 saturated carbocycles. The van der Waals surface area contributed by atoms with E-state index in [9.17, 15) is 14.7 Å². The number of nitrogens with zero attached hydrogens (tertiary/aromatic N) is 1. The maximum absolute atomic E-state index is 13.0. The van der Waals surface area contributed by atoms with Crippen molar-refractivity contribution in [1.82, 2.24) is 5.32 Å². The Kier molecular flexibility index (Phi) is 4.48. The molecule has 1 aromatic rings. The lowest BCUT2D eigenvalue weighted by Gasteiger charge is -2.27. The molecule has 2 amide bonds. The molecule has 0 aliphatic carbocycles. The van der Waals surface area contributed by atoms with Gasteiger partial charge in [0.2, 0.25) is 0 Å². The van der Waals surface area contributed by atoms with Gasteiger partial charge >= 0.3 is 6.09 Å². The van der Waals surface area contributed by atoms with Crippen LogP contribution in [0.15, 0.2) is 23.1 Å². The highest BCUT2D eigenvalue weighted by Crippen LogP contribution is 2.42. The van der Waals surface area contributed by atoms with Crippen LogP contribution in [-0.2, 0) is 16.0 Å². The first-order chi connectivity index (χ1) is 11.3. The number of aliphatic hydroxyl groups excluding tert-OH is 1. The van der Waals surface area contributed by atoms with Crippen molar-refractivity contribution in [3.8, 4) is 0 Å². The van der Waals surface area contributed by atoms with Gasteiger partial charge in [0.1, 0.15) is 11.6 Å². The number of thioether (sulfide) groups is 1. The lowest BCUT2D eigenvalue weighted by molar-refractivity contribution is -0.120. The molecule has 2 atom stereocenters. The highest BCUT2D eigenvalue weighted by molar-refractivity contribution is 7.99. The topological polar surface area (TPSA) is 78.9 Å².